The van der Waals surface area contributed by atoms with Gasteiger partial charge in [-0.2, -0.15) is 0 Å². The lowest BCUT2D eigenvalue weighted by molar-refractivity contribution is 0.0953. The number of sulfone groups is 1. The van der Waals surface area contributed by atoms with E-state index in [1.54, 1.807) is 6.20 Å². The summed E-state index contributed by atoms with van der Waals surface area (Å²) in [4.78, 5) is 25.6. The summed E-state index contributed by atoms with van der Waals surface area (Å²) in [5.41, 5.74) is 1.70. The van der Waals surface area contributed by atoms with E-state index in [1.165, 1.54) is 11.3 Å². The maximum Gasteiger partial charge on any atom is 0.271 e. The average Bonchev–Trinajstić information content (AvgIpc) is 3.09. The van der Waals surface area contributed by atoms with Crippen molar-refractivity contribution in [3.63, 3.8) is 0 Å². The maximum absolute atomic E-state index is 12.5. The number of hydrogen-bond acceptors (Lipinski definition) is 8. The summed E-state index contributed by atoms with van der Waals surface area (Å²) in [7, 11) is -3.15. The lowest BCUT2D eigenvalue weighted by atomic mass is 10.2. The van der Waals surface area contributed by atoms with Crippen molar-refractivity contribution in [2.24, 2.45) is 0 Å². The second-order valence-electron chi connectivity index (χ2n) is 6.04. The molecule has 0 aromatic carbocycles. The normalized spacial score (nSPS) is 12.7. The number of carbonyl (C=O) groups is 1. The summed E-state index contributed by atoms with van der Waals surface area (Å²) in [5.74, 6) is -0.242. The molecule has 0 aliphatic carbocycles. The molecule has 0 saturated heterocycles. The molecule has 3 heterocycles. The Morgan fingerprint density at radius 2 is 2.07 bits per heavy atom. The molecule has 2 N–H and O–H groups in total. The van der Waals surface area contributed by atoms with Crippen LogP contribution in [0.3, 0.4) is 0 Å². The Kier molecular flexibility index (Phi) is 5.66. The van der Waals surface area contributed by atoms with E-state index in [0.717, 1.165) is 11.9 Å². The van der Waals surface area contributed by atoms with Crippen LogP contribution in [0, 0.1) is 0 Å². The smallest absolute Gasteiger partial charge is 0.271 e. The van der Waals surface area contributed by atoms with Crippen molar-refractivity contribution in [3.8, 4) is 0 Å². The first kappa shape index (κ1) is 19.2. The van der Waals surface area contributed by atoms with Crippen LogP contribution in [-0.2, 0) is 9.84 Å². The minimum atomic E-state index is -3.15. The number of amides is 1. The van der Waals surface area contributed by atoms with Crippen molar-refractivity contribution in [3.05, 3.63) is 47.2 Å². The van der Waals surface area contributed by atoms with Gasteiger partial charge in [0.2, 0.25) is 5.95 Å². The minimum Gasteiger partial charge on any atom is -0.350 e. The predicted molar refractivity (Wildman–Crippen MR) is 106 cm³/mol. The molecule has 0 radical (unpaired) electrons. The first-order valence-corrected chi connectivity index (χ1v) is 11.2. The Morgan fingerprint density at radius 3 is 2.78 bits per heavy atom. The molecule has 3 aromatic heterocycles. The predicted octanol–water partition coefficient (Wildman–Crippen LogP) is 2.03. The van der Waals surface area contributed by atoms with Crippen LogP contribution in [0.1, 0.15) is 29.1 Å². The topological polar surface area (TPSA) is 114 Å². The first-order chi connectivity index (χ1) is 12.8. The molecule has 0 unspecified atom stereocenters. The third-order valence-corrected chi connectivity index (χ3v) is 5.61. The molecule has 3 rings (SSSR count). The highest BCUT2D eigenvalue weighted by atomic mass is 32.2. The van der Waals surface area contributed by atoms with Gasteiger partial charge in [0.05, 0.1) is 27.7 Å². The minimum absolute atomic E-state index is 0.0294. The second-order valence-corrected chi connectivity index (χ2v) is 9.21. The molecule has 0 bridgehead atoms. The van der Waals surface area contributed by atoms with Gasteiger partial charge in [-0.25, -0.2) is 18.4 Å². The number of anilines is 1. The highest BCUT2D eigenvalue weighted by Gasteiger charge is 2.18. The number of nitrogens with one attached hydrogen (secondary N) is 2. The molecule has 10 heteroatoms. The number of thiophene rings is 1. The summed E-state index contributed by atoms with van der Waals surface area (Å²) in [6, 6.07) is 7.28. The number of pyridine rings is 1. The van der Waals surface area contributed by atoms with E-state index >= 15 is 0 Å². The zero-order chi connectivity index (χ0) is 19.4. The molecule has 0 saturated carbocycles. The van der Waals surface area contributed by atoms with Crippen LogP contribution >= 0.6 is 11.3 Å². The van der Waals surface area contributed by atoms with Crippen LogP contribution in [0.25, 0.3) is 10.2 Å². The van der Waals surface area contributed by atoms with Crippen LogP contribution in [0.5, 0.6) is 0 Å². The van der Waals surface area contributed by atoms with Gasteiger partial charge in [-0.15, -0.1) is 11.3 Å². The van der Waals surface area contributed by atoms with Crippen LogP contribution in [0.15, 0.2) is 35.8 Å². The standard InChI is InChI=1S/C17H19N5O3S2/c1-11(12-5-3-4-7-18-12)20-17-21-13-6-9-26-15(13)14(22-17)16(23)19-8-10-27(2,24)25/h3-7,9,11H,8,10H2,1-2H3,(H,19,23)(H,20,21,22)/t11-/m0/s1. The molecule has 1 amide bonds. The summed E-state index contributed by atoms with van der Waals surface area (Å²) in [6.07, 6.45) is 2.83. The molecule has 142 valence electrons. The van der Waals surface area contributed by atoms with Gasteiger partial charge in [-0.05, 0) is 30.5 Å². The van der Waals surface area contributed by atoms with E-state index in [1.807, 2.05) is 36.6 Å². The third-order valence-electron chi connectivity index (χ3n) is 3.75. The Morgan fingerprint density at radius 1 is 1.26 bits per heavy atom. The molecule has 3 aromatic rings. The highest BCUT2D eigenvalue weighted by molar-refractivity contribution is 7.90. The van der Waals surface area contributed by atoms with Crippen LogP contribution in [0.4, 0.5) is 5.95 Å². The van der Waals surface area contributed by atoms with Crippen LogP contribution < -0.4 is 10.6 Å². The summed E-state index contributed by atoms with van der Waals surface area (Å²) in [5, 5.41) is 7.60. The van der Waals surface area contributed by atoms with E-state index in [9.17, 15) is 13.2 Å². The quantitative estimate of drug-likeness (QED) is 0.618. The Labute approximate surface area is 161 Å². The summed E-state index contributed by atoms with van der Waals surface area (Å²) < 4.78 is 23.1. The fourth-order valence-corrected chi connectivity index (χ4v) is 3.71. The lowest BCUT2D eigenvalue weighted by Gasteiger charge is -2.14. The van der Waals surface area contributed by atoms with Gasteiger partial charge >= 0.3 is 0 Å². The van der Waals surface area contributed by atoms with Crippen molar-refractivity contribution >= 4 is 43.2 Å². The van der Waals surface area contributed by atoms with Crippen molar-refractivity contribution < 1.29 is 13.2 Å². The maximum atomic E-state index is 12.5. The SMILES string of the molecule is C[C@H](Nc1nc(C(=O)NCCS(C)(=O)=O)c2sccc2n1)c1ccccn1. The van der Waals surface area contributed by atoms with Gasteiger partial charge in [0.1, 0.15) is 9.84 Å². The Balaban J connectivity index is 1.83. The lowest BCUT2D eigenvalue weighted by Crippen LogP contribution is -2.29. The van der Waals surface area contributed by atoms with E-state index in [-0.39, 0.29) is 24.0 Å². The zero-order valence-corrected chi connectivity index (χ0v) is 16.5. The summed E-state index contributed by atoms with van der Waals surface area (Å²) >= 11 is 1.36. The van der Waals surface area contributed by atoms with Crippen molar-refractivity contribution in [2.45, 2.75) is 13.0 Å². The highest BCUT2D eigenvalue weighted by Crippen LogP contribution is 2.25. The van der Waals surface area contributed by atoms with E-state index < -0.39 is 15.7 Å². The van der Waals surface area contributed by atoms with Gasteiger partial charge in [0.25, 0.3) is 5.91 Å². The molecule has 0 aliphatic rings. The molecular weight excluding hydrogens is 386 g/mol. The average molecular weight is 406 g/mol. The number of carbonyl (C=O) groups excluding carboxylic acids is 1. The van der Waals surface area contributed by atoms with Crippen molar-refractivity contribution in [1.29, 1.82) is 0 Å². The third kappa shape index (κ3) is 4.98. The van der Waals surface area contributed by atoms with E-state index in [2.05, 4.69) is 25.6 Å². The number of aromatic nitrogens is 3. The van der Waals surface area contributed by atoms with Crippen molar-refractivity contribution in [1.82, 2.24) is 20.3 Å². The van der Waals surface area contributed by atoms with Crippen LogP contribution in [0.2, 0.25) is 0 Å². The van der Waals surface area contributed by atoms with Gasteiger partial charge < -0.3 is 10.6 Å². The second kappa shape index (κ2) is 7.97. The number of rotatable bonds is 7. The Hall–Kier alpha value is -2.59. The molecular formula is C17H19N5O3S2. The fourth-order valence-electron chi connectivity index (χ4n) is 2.42. The van der Waals surface area contributed by atoms with E-state index in [4.69, 9.17) is 0 Å². The zero-order valence-electron chi connectivity index (χ0n) is 14.8. The van der Waals surface area contributed by atoms with Gasteiger partial charge in [0.15, 0.2) is 5.69 Å². The summed E-state index contributed by atoms with van der Waals surface area (Å²) in [6.45, 7) is 1.96. The Bertz CT molecular complexity index is 1050. The first-order valence-electron chi connectivity index (χ1n) is 8.22. The number of fused-ring (bicyclic) bond motifs is 1. The van der Waals surface area contributed by atoms with Crippen molar-refractivity contribution in [2.75, 3.05) is 23.9 Å². The van der Waals surface area contributed by atoms with Gasteiger partial charge in [-0.1, -0.05) is 6.07 Å². The molecule has 8 nitrogen and oxygen atoms in total. The molecule has 1 atom stereocenters. The molecule has 0 aliphatic heterocycles. The van der Waals surface area contributed by atoms with E-state index in [0.29, 0.717) is 16.2 Å². The largest absolute Gasteiger partial charge is 0.350 e. The fraction of sp³-hybridized carbons (Fsp3) is 0.294. The van der Waals surface area contributed by atoms with Gasteiger partial charge in [0, 0.05) is 19.0 Å². The number of nitrogens with zero attached hydrogens (tertiary/aromatic N) is 3. The van der Waals surface area contributed by atoms with Gasteiger partial charge in [-0.3, -0.25) is 9.78 Å². The number of hydrogen-bond donors (Lipinski definition) is 2. The monoisotopic (exact) mass is 405 g/mol. The molecule has 27 heavy (non-hydrogen) atoms. The van der Waals surface area contributed by atoms with Crippen LogP contribution in [-0.4, -0.2) is 47.8 Å². The molecule has 0 fully saturated rings. The molecule has 0 spiro atoms.